The zero-order valence-corrected chi connectivity index (χ0v) is 17.5. The first-order valence-electron chi connectivity index (χ1n) is 9.32. The number of fused-ring (bicyclic) bond motifs is 2. The summed E-state index contributed by atoms with van der Waals surface area (Å²) < 4.78 is 9.03. The Kier molecular flexibility index (Phi) is 4.83. The van der Waals surface area contributed by atoms with Crippen molar-refractivity contribution in [1.82, 2.24) is 19.1 Å². The van der Waals surface area contributed by atoms with Crippen LogP contribution in [0.2, 0.25) is 0 Å². The largest absolute Gasteiger partial charge is 0.494 e. The molecule has 8 nitrogen and oxygen atoms in total. The highest BCUT2D eigenvalue weighted by Gasteiger charge is 2.18. The zero-order valence-electron chi connectivity index (χ0n) is 16.6. The van der Waals surface area contributed by atoms with Crippen LogP contribution >= 0.6 is 11.3 Å². The summed E-state index contributed by atoms with van der Waals surface area (Å²) in [7, 11) is 3.08. The maximum absolute atomic E-state index is 12.9. The number of hydrogen-bond donors (Lipinski definition) is 1. The first-order chi connectivity index (χ1) is 13.9. The molecule has 4 aromatic rings. The monoisotopic (exact) mass is 411 g/mol. The van der Waals surface area contributed by atoms with Gasteiger partial charge in [-0.15, -0.1) is 0 Å². The van der Waals surface area contributed by atoms with E-state index < -0.39 is 5.69 Å². The van der Waals surface area contributed by atoms with Gasteiger partial charge in [-0.25, -0.2) is 14.8 Å². The zero-order chi connectivity index (χ0) is 20.7. The highest BCUT2D eigenvalue weighted by Crippen LogP contribution is 2.33. The smallest absolute Gasteiger partial charge is 0.332 e. The molecule has 0 aliphatic heterocycles. The molecule has 3 aromatic heterocycles. The summed E-state index contributed by atoms with van der Waals surface area (Å²) in [5, 5.41) is 4.36. The van der Waals surface area contributed by atoms with Crippen LogP contribution in [0.15, 0.2) is 34.0 Å². The second kappa shape index (κ2) is 7.32. The maximum atomic E-state index is 12.9. The molecule has 9 heteroatoms. The molecule has 0 amide bonds. The molecule has 3 heterocycles. The highest BCUT2D eigenvalue weighted by molar-refractivity contribution is 7.22. The van der Waals surface area contributed by atoms with Crippen LogP contribution in [0.1, 0.15) is 19.4 Å². The molecule has 1 N–H and O–H groups in total. The van der Waals surface area contributed by atoms with Gasteiger partial charge in [0.25, 0.3) is 5.56 Å². The molecule has 4 rings (SSSR count). The summed E-state index contributed by atoms with van der Waals surface area (Å²) in [6, 6.07) is 5.76. The number of aromatic nitrogens is 4. The molecule has 0 bridgehead atoms. The third-order valence-electron chi connectivity index (χ3n) is 4.83. The lowest BCUT2D eigenvalue weighted by molar-refractivity contribution is 0.341. The van der Waals surface area contributed by atoms with Gasteiger partial charge in [0.1, 0.15) is 11.1 Å². The number of ether oxygens (including phenoxy) is 1. The van der Waals surface area contributed by atoms with Gasteiger partial charge in [0, 0.05) is 20.3 Å². The minimum Gasteiger partial charge on any atom is -0.494 e. The molecule has 0 saturated carbocycles. The molecule has 0 aliphatic carbocycles. The van der Waals surface area contributed by atoms with Gasteiger partial charge < -0.3 is 10.1 Å². The SMILES string of the molecule is CCOc1ccc2nc(Nc3c(CC)cnc4c3c(=O)n(C)c(=O)n4C)sc2c1. The second-order valence-corrected chi connectivity index (χ2v) is 7.65. The van der Waals surface area contributed by atoms with E-state index >= 15 is 0 Å². The van der Waals surface area contributed by atoms with Gasteiger partial charge >= 0.3 is 5.69 Å². The van der Waals surface area contributed by atoms with Crippen LogP contribution in [0.3, 0.4) is 0 Å². The second-order valence-electron chi connectivity index (χ2n) is 6.62. The van der Waals surface area contributed by atoms with Crippen LogP contribution in [0.4, 0.5) is 10.8 Å². The van der Waals surface area contributed by atoms with Crippen molar-refractivity contribution in [3.63, 3.8) is 0 Å². The van der Waals surface area contributed by atoms with Crippen molar-refractivity contribution in [1.29, 1.82) is 0 Å². The van der Waals surface area contributed by atoms with Crippen LogP contribution < -0.4 is 21.3 Å². The standard InChI is InChI=1S/C20H21N5O3S/c1-5-11-10-21-17-15(18(26)25(4)20(27)24(17)3)16(11)23-19-22-13-8-7-12(28-6-2)9-14(13)29-19/h7-10H,5-6H2,1-4H3,(H,21,22,23). The van der Waals surface area contributed by atoms with E-state index in [1.165, 1.54) is 23.0 Å². The number of aryl methyl sites for hydroxylation is 2. The van der Waals surface area contributed by atoms with Gasteiger partial charge in [0.05, 0.1) is 22.5 Å². The minimum atomic E-state index is -0.409. The topological polar surface area (TPSA) is 91.0 Å². The van der Waals surface area contributed by atoms with Gasteiger partial charge in [0.2, 0.25) is 0 Å². The third-order valence-corrected chi connectivity index (χ3v) is 5.76. The molecule has 0 aliphatic rings. The number of thiazole rings is 1. The number of nitrogens with zero attached hydrogens (tertiary/aromatic N) is 4. The van der Waals surface area contributed by atoms with Crippen LogP contribution in [0.5, 0.6) is 5.75 Å². The number of anilines is 2. The first-order valence-corrected chi connectivity index (χ1v) is 10.1. The van der Waals surface area contributed by atoms with Crippen molar-refractivity contribution in [3.8, 4) is 5.75 Å². The number of nitrogens with one attached hydrogen (secondary N) is 1. The van der Waals surface area contributed by atoms with Crippen LogP contribution in [-0.2, 0) is 20.5 Å². The van der Waals surface area contributed by atoms with Crippen molar-refractivity contribution in [2.24, 2.45) is 14.1 Å². The lowest BCUT2D eigenvalue weighted by Gasteiger charge is -2.14. The Morgan fingerprint density at radius 2 is 1.97 bits per heavy atom. The molecule has 0 fully saturated rings. The Bertz CT molecular complexity index is 1350. The van der Waals surface area contributed by atoms with E-state index in [4.69, 9.17) is 4.74 Å². The number of hydrogen-bond acceptors (Lipinski definition) is 7. The summed E-state index contributed by atoms with van der Waals surface area (Å²) in [4.78, 5) is 34.2. The van der Waals surface area contributed by atoms with Gasteiger partial charge in [-0.3, -0.25) is 13.9 Å². The predicted octanol–water partition coefficient (Wildman–Crippen LogP) is 2.95. The molecule has 0 atom stereocenters. The molecule has 0 saturated heterocycles. The number of pyridine rings is 1. The fraction of sp³-hybridized carbons (Fsp3) is 0.300. The lowest BCUT2D eigenvalue weighted by Crippen LogP contribution is -2.37. The van der Waals surface area contributed by atoms with Crippen molar-refractivity contribution in [2.75, 3.05) is 11.9 Å². The fourth-order valence-electron chi connectivity index (χ4n) is 3.30. The Labute approximate surface area is 170 Å². The summed E-state index contributed by atoms with van der Waals surface area (Å²) in [6.45, 7) is 4.53. The Morgan fingerprint density at radius 3 is 2.69 bits per heavy atom. The summed E-state index contributed by atoms with van der Waals surface area (Å²) >= 11 is 1.48. The van der Waals surface area contributed by atoms with Crippen molar-refractivity contribution >= 4 is 43.4 Å². The average Bonchev–Trinajstić information content (AvgIpc) is 3.12. The molecule has 0 spiro atoms. The van der Waals surface area contributed by atoms with Crippen LogP contribution in [-0.4, -0.2) is 25.7 Å². The van der Waals surface area contributed by atoms with Crippen LogP contribution in [0, 0.1) is 0 Å². The average molecular weight is 411 g/mol. The maximum Gasteiger partial charge on any atom is 0.332 e. The third kappa shape index (κ3) is 3.17. The van der Waals surface area contributed by atoms with Crippen LogP contribution in [0.25, 0.3) is 21.3 Å². The molecule has 150 valence electrons. The lowest BCUT2D eigenvalue weighted by atomic mass is 10.1. The quantitative estimate of drug-likeness (QED) is 0.543. The Balaban J connectivity index is 1.90. The van der Waals surface area contributed by atoms with Gasteiger partial charge in [0.15, 0.2) is 10.8 Å². The molecular formula is C20H21N5O3S. The van der Waals surface area contributed by atoms with E-state index in [0.717, 1.165) is 26.1 Å². The molecule has 1 aromatic carbocycles. The van der Waals surface area contributed by atoms with Crippen molar-refractivity contribution in [3.05, 3.63) is 50.8 Å². The van der Waals surface area contributed by atoms with Gasteiger partial charge in [-0.05, 0) is 37.1 Å². The molecule has 0 radical (unpaired) electrons. The molecule has 0 unspecified atom stereocenters. The van der Waals surface area contributed by atoms with E-state index in [2.05, 4.69) is 15.3 Å². The van der Waals surface area contributed by atoms with Gasteiger partial charge in [-0.2, -0.15) is 0 Å². The normalized spacial score (nSPS) is 11.3. The van der Waals surface area contributed by atoms with Gasteiger partial charge in [-0.1, -0.05) is 18.3 Å². The van der Waals surface area contributed by atoms with E-state index in [-0.39, 0.29) is 5.56 Å². The van der Waals surface area contributed by atoms with E-state index in [9.17, 15) is 9.59 Å². The molecule has 29 heavy (non-hydrogen) atoms. The predicted molar refractivity (Wildman–Crippen MR) is 116 cm³/mol. The number of benzene rings is 1. The summed E-state index contributed by atoms with van der Waals surface area (Å²) in [6.07, 6.45) is 2.38. The summed E-state index contributed by atoms with van der Waals surface area (Å²) in [5.74, 6) is 0.794. The summed E-state index contributed by atoms with van der Waals surface area (Å²) in [5.41, 5.74) is 1.91. The minimum absolute atomic E-state index is 0.345. The fourth-order valence-corrected chi connectivity index (χ4v) is 4.20. The molecular weight excluding hydrogens is 390 g/mol. The number of rotatable bonds is 5. The van der Waals surface area contributed by atoms with Crippen molar-refractivity contribution in [2.45, 2.75) is 20.3 Å². The Morgan fingerprint density at radius 1 is 1.17 bits per heavy atom. The van der Waals surface area contributed by atoms with E-state index in [1.807, 2.05) is 32.0 Å². The van der Waals surface area contributed by atoms with E-state index in [1.54, 1.807) is 13.2 Å². The Hall–Kier alpha value is -3.20. The highest BCUT2D eigenvalue weighted by atomic mass is 32.1. The van der Waals surface area contributed by atoms with Crippen molar-refractivity contribution < 1.29 is 4.74 Å². The van der Waals surface area contributed by atoms with E-state index in [0.29, 0.717) is 34.9 Å². The first kappa shape index (κ1) is 19.1.